The smallest absolute Gasteiger partial charge is 0.746 e. The quantitative estimate of drug-likeness (QED) is 0.347. The average molecular weight is 402 g/mol. The number of hydrogen-bond donors (Lipinski definition) is 0. The Morgan fingerprint density at radius 1 is 0.727 bits per heavy atom. The molecular formula is C6H2F11KO3S. The zero-order chi connectivity index (χ0) is 17.7. The van der Waals surface area contributed by atoms with Gasteiger partial charge in [0.15, 0.2) is 0 Å². The summed E-state index contributed by atoms with van der Waals surface area (Å²) in [4.78, 5) is 0. The van der Waals surface area contributed by atoms with Crippen LogP contribution in [0.1, 0.15) is 0 Å². The first-order chi connectivity index (χ1) is 8.85. The molecular weight excluding hydrogens is 400 g/mol. The second kappa shape index (κ2) is 6.95. The molecule has 0 saturated heterocycles. The van der Waals surface area contributed by atoms with Crippen molar-refractivity contribution in [2.24, 2.45) is 0 Å². The molecule has 0 heterocycles. The second-order valence-electron chi connectivity index (χ2n) is 3.50. The minimum atomic E-state index is -7.61. The third-order valence-corrected chi connectivity index (χ3v) is 2.85. The summed E-state index contributed by atoms with van der Waals surface area (Å²) < 4.78 is 165. The topological polar surface area (TPSA) is 57.2 Å². The van der Waals surface area contributed by atoms with E-state index in [0.29, 0.717) is 0 Å². The number of rotatable bonds is 6. The first kappa shape index (κ1) is 25.0. The molecule has 0 fully saturated rings. The minimum Gasteiger partial charge on any atom is -0.746 e. The summed E-state index contributed by atoms with van der Waals surface area (Å²) in [5.41, 5.74) is -5.57. The maximum Gasteiger partial charge on any atom is 1.00 e. The molecule has 0 aliphatic heterocycles. The molecule has 0 radical (unpaired) electrons. The van der Waals surface area contributed by atoms with Crippen molar-refractivity contribution in [1.29, 1.82) is 0 Å². The van der Waals surface area contributed by atoms with Gasteiger partial charge in [-0.2, -0.15) is 35.1 Å². The van der Waals surface area contributed by atoms with E-state index in [2.05, 4.69) is 0 Å². The second-order valence-corrected chi connectivity index (χ2v) is 4.90. The van der Waals surface area contributed by atoms with E-state index < -0.39 is 45.7 Å². The minimum absolute atomic E-state index is 0. The van der Waals surface area contributed by atoms with Crippen LogP contribution in [0.25, 0.3) is 0 Å². The van der Waals surface area contributed by atoms with Crippen molar-refractivity contribution < 1.29 is 113 Å². The molecule has 1 atom stereocenters. The Balaban J connectivity index is 0. The number of hydrogen-bond acceptors (Lipinski definition) is 3. The molecule has 0 rings (SSSR count). The van der Waals surface area contributed by atoms with Crippen LogP contribution in [0.2, 0.25) is 0 Å². The van der Waals surface area contributed by atoms with E-state index in [1.54, 1.807) is 0 Å². The fourth-order valence-corrected chi connectivity index (χ4v) is 1.39. The molecule has 3 nitrogen and oxygen atoms in total. The van der Waals surface area contributed by atoms with Gasteiger partial charge in [-0.25, -0.2) is 21.6 Å². The van der Waals surface area contributed by atoms with Gasteiger partial charge in [0.1, 0.15) is 10.1 Å². The predicted octanol–water partition coefficient (Wildman–Crippen LogP) is -0.362. The predicted molar refractivity (Wildman–Crippen MR) is 40.4 cm³/mol. The summed E-state index contributed by atoms with van der Waals surface area (Å²) in [6, 6.07) is 0. The summed E-state index contributed by atoms with van der Waals surface area (Å²) in [7, 11) is -6.98. The fraction of sp³-hybridized carbons (Fsp3) is 1.00. The molecule has 0 bridgehead atoms. The average Bonchev–Trinajstić information content (AvgIpc) is 2.25. The van der Waals surface area contributed by atoms with Gasteiger partial charge in [0.25, 0.3) is 5.50 Å². The Bertz CT molecular complexity index is 490. The van der Waals surface area contributed by atoms with Gasteiger partial charge in [-0.1, -0.05) is 0 Å². The largest absolute Gasteiger partial charge is 1.00 e. The molecule has 0 saturated carbocycles. The summed E-state index contributed by atoms with van der Waals surface area (Å²) in [6.45, 7) is 0. The van der Waals surface area contributed by atoms with Crippen LogP contribution in [0.3, 0.4) is 0 Å². The van der Waals surface area contributed by atoms with Crippen molar-refractivity contribution in [3.8, 4) is 0 Å². The molecule has 16 heteroatoms. The number of halogens is 11. The van der Waals surface area contributed by atoms with Crippen LogP contribution in [0.5, 0.6) is 0 Å². The van der Waals surface area contributed by atoms with E-state index in [-0.39, 0.29) is 51.4 Å². The van der Waals surface area contributed by atoms with Crippen LogP contribution in [-0.4, -0.2) is 48.6 Å². The summed E-state index contributed by atoms with van der Waals surface area (Å²) in [5.74, 6) is -29.4. The van der Waals surface area contributed by atoms with Crippen molar-refractivity contribution in [2.45, 2.75) is 35.6 Å². The van der Waals surface area contributed by atoms with E-state index in [1.165, 1.54) is 0 Å². The zero-order valence-corrected chi connectivity index (χ0v) is 13.9. The molecule has 22 heavy (non-hydrogen) atoms. The molecule has 0 aromatic heterocycles. The van der Waals surface area contributed by atoms with Crippen LogP contribution < -0.4 is 51.4 Å². The van der Waals surface area contributed by atoms with Gasteiger partial charge >= 0.3 is 81.5 Å². The van der Waals surface area contributed by atoms with Crippen LogP contribution in [0, 0.1) is 0 Å². The van der Waals surface area contributed by atoms with Gasteiger partial charge in [-0.3, -0.25) is 0 Å². The van der Waals surface area contributed by atoms with Crippen molar-refractivity contribution in [3.63, 3.8) is 0 Å². The summed E-state index contributed by atoms with van der Waals surface area (Å²) >= 11 is 0. The molecule has 0 amide bonds. The van der Waals surface area contributed by atoms with E-state index in [0.717, 1.165) is 0 Å². The molecule has 0 aliphatic rings. The van der Waals surface area contributed by atoms with Gasteiger partial charge in [-0.15, -0.1) is 0 Å². The van der Waals surface area contributed by atoms with E-state index in [1.807, 2.05) is 0 Å². The Kier molecular flexibility index (Phi) is 7.90. The van der Waals surface area contributed by atoms with Crippen LogP contribution >= 0.6 is 0 Å². The summed E-state index contributed by atoms with van der Waals surface area (Å²) in [5, 5.41) is 0. The Labute approximate surface area is 157 Å². The third-order valence-electron chi connectivity index (χ3n) is 2.04. The Morgan fingerprint density at radius 3 is 1.23 bits per heavy atom. The van der Waals surface area contributed by atoms with Crippen LogP contribution in [0.4, 0.5) is 48.3 Å². The fourth-order valence-electron chi connectivity index (χ4n) is 0.879. The van der Waals surface area contributed by atoms with Crippen LogP contribution in [0.15, 0.2) is 0 Å². The molecule has 0 N–H and O–H groups in total. The monoisotopic (exact) mass is 402 g/mol. The first-order valence-corrected chi connectivity index (χ1v) is 5.70. The van der Waals surface area contributed by atoms with Gasteiger partial charge in [-0.05, 0) is 0 Å². The van der Waals surface area contributed by atoms with Gasteiger partial charge in [0, 0.05) is 0 Å². The van der Waals surface area contributed by atoms with E-state index in [9.17, 15) is 61.3 Å². The van der Waals surface area contributed by atoms with Gasteiger partial charge in [0.05, 0.1) is 0 Å². The van der Waals surface area contributed by atoms with Crippen molar-refractivity contribution in [2.75, 3.05) is 0 Å². The Morgan fingerprint density at radius 2 is 1.00 bits per heavy atom. The maximum absolute atomic E-state index is 12.7. The first-order valence-electron chi connectivity index (χ1n) is 4.23. The zero-order valence-electron chi connectivity index (χ0n) is 9.95. The van der Waals surface area contributed by atoms with Gasteiger partial charge < -0.3 is 4.55 Å². The molecule has 128 valence electrons. The summed E-state index contributed by atoms with van der Waals surface area (Å²) in [6.07, 6.45) is -5.57. The molecule has 0 aliphatic carbocycles. The van der Waals surface area contributed by atoms with E-state index in [4.69, 9.17) is 0 Å². The third kappa shape index (κ3) is 3.88. The maximum atomic E-state index is 12.7. The van der Waals surface area contributed by atoms with E-state index >= 15 is 0 Å². The molecule has 1 unspecified atom stereocenters. The SMILES string of the molecule is O=S(=O)([O-])C(F)C(F)(F)C(F)(F)C(F)(F)C(F)(F)C(F)F.[K+]. The molecule has 0 aromatic carbocycles. The number of alkyl halides is 11. The van der Waals surface area contributed by atoms with Gasteiger partial charge in [0.2, 0.25) is 0 Å². The van der Waals surface area contributed by atoms with Crippen LogP contribution in [-0.2, 0) is 10.1 Å². The van der Waals surface area contributed by atoms with Crippen molar-refractivity contribution in [1.82, 2.24) is 0 Å². The molecule has 0 aromatic rings. The Hall–Kier alpha value is 0.776. The standard InChI is InChI=1S/C6H3F11O3S.K/c7-1(8)3(10,11)5(14,15)6(16,17)4(12,13)2(9)21(18,19)20;/h1-2H,(H,18,19,20);/q;+1/p-1. The van der Waals surface area contributed by atoms with Crippen molar-refractivity contribution >= 4 is 10.1 Å². The van der Waals surface area contributed by atoms with Crippen molar-refractivity contribution in [3.05, 3.63) is 0 Å². The normalized spacial score (nSPS) is 16.4. The molecule has 0 spiro atoms.